The summed E-state index contributed by atoms with van der Waals surface area (Å²) in [5, 5.41) is 4.67. The van der Waals surface area contributed by atoms with Gasteiger partial charge in [-0.1, -0.05) is 11.6 Å². The topological polar surface area (TPSA) is 64.4 Å². The summed E-state index contributed by atoms with van der Waals surface area (Å²) in [6.07, 6.45) is 5.53. The second-order valence-electron chi connectivity index (χ2n) is 5.31. The molecule has 0 aliphatic carbocycles. The molecule has 22 heavy (non-hydrogen) atoms. The Morgan fingerprint density at radius 3 is 2.73 bits per heavy atom. The number of aromatic nitrogens is 2. The number of piperidine rings is 1. The van der Waals surface area contributed by atoms with E-state index in [-0.39, 0.29) is 11.9 Å². The van der Waals surface area contributed by atoms with Crippen LogP contribution < -0.4 is 0 Å². The van der Waals surface area contributed by atoms with E-state index in [4.69, 9.17) is 16.3 Å². The summed E-state index contributed by atoms with van der Waals surface area (Å²) in [6.45, 7) is 2.39. The normalized spacial score (nSPS) is 18.7. The fourth-order valence-corrected chi connectivity index (χ4v) is 2.90. The quantitative estimate of drug-likeness (QED) is 0.629. The second-order valence-corrected chi connectivity index (χ2v) is 5.67. The van der Waals surface area contributed by atoms with Crippen LogP contribution in [0.25, 0.3) is 6.08 Å². The van der Waals surface area contributed by atoms with Gasteiger partial charge >= 0.3 is 5.97 Å². The van der Waals surface area contributed by atoms with Crippen LogP contribution in [0.4, 0.5) is 0 Å². The van der Waals surface area contributed by atoms with Crippen molar-refractivity contribution in [1.29, 1.82) is 0 Å². The number of hydrogen-bond acceptors (Lipinski definition) is 4. The first-order valence-corrected chi connectivity index (χ1v) is 7.59. The van der Waals surface area contributed by atoms with Crippen molar-refractivity contribution in [1.82, 2.24) is 14.7 Å². The van der Waals surface area contributed by atoms with E-state index in [0.717, 1.165) is 18.5 Å². The number of amides is 1. The fraction of sp³-hybridized carbons (Fsp3) is 0.533. The summed E-state index contributed by atoms with van der Waals surface area (Å²) in [4.78, 5) is 25.7. The molecule has 0 N–H and O–H groups in total. The van der Waals surface area contributed by atoms with E-state index in [0.29, 0.717) is 23.7 Å². The van der Waals surface area contributed by atoms with Crippen molar-refractivity contribution in [3.05, 3.63) is 22.5 Å². The molecule has 1 aromatic heterocycles. The Labute approximate surface area is 134 Å². The smallest absolute Gasteiger partial charge is 0.328 e. The summed E-state index contributed by atoms with van der Waals surface area (Å²) in [5.41, 5.74) is 1.46. The number of likely N-dealkylation sites (tertiary alicyclic amines) is 1. The van der Waals surface area contributed by atoms with Gasteiger partial charge in [-0.15, -0.1) is 0 Å². The van der Waals surface area contributed by atoms with Crippen LogP contribution in [0.5, 0.6) is 0 Å². The Morgan fingerprint density at radius 1 is 1.41 bits per heavy atom. The highest BCUT2D eigenvalue weighted by Crippen LogP contribution is 2.22. The third-order valence-electron chi connectivity index (χ3n) is 3.85. The number of hydrogen-bond donors (Lipinski definition) is 0. The molecule has 1 atom stereocenters. The highest BCUT2D eigenvalue weighted by atomic mass is 35.5. The SMILES string of the molecule is COC(=O)C1CCCCN1C(=O)/C=C/c1c(C)nn(C)c1Cl. The van der Waals surface area contributed by atoms with Crippen LogP contribution in [0.3, 0.4) is 0 Å². The van der Waals surface area contributed by atoms with Crippen molar-refractivity contribution >= 4 is 29.6 Å². The number of esters is 1. The van der Waals surface area contributed by atoms with Gasteiger partial charge in [-0.25, -0.2) is 4.79 Å². The Morgan fingerprint density at radius 2 is 2.14 bits per heavy atom. The van der Waals surface area contributed by atoms with Crippen LogP contribution in [-0.4, -0.2) is 46.3 Å². The van der Waals surface area contributed by atoms with Gasteiger partial charge in [0.15, 0.2) is 0 Å². The lowest BCUT2D eigenvalue weighted by Gasteiger charge is -2.32. The van der Waals surface area contributed by atoms with Gasteiger partial charge in [0, 0.05) is 25.2 Å². The number of ether oxygens (including phenoxy) is 1. The molecular formula is C15H20ClN3O3. The highest BCUT2D eigenvalue weighted by Gasteiger charge is 2.31. The number of halogens is 1. The lowest BCUT2D eigenvalue weighted by Crippen LogP contribution is -2.47. The van der Waals surface area contributed by atoms with E-state index in [1.54, 1.807) is 22.7 Å². The van der Waals surface area contributed by atoms with Gasteiger partial charge in [0.2, 0.25) is 5.91 Å². The van der Waals surface area contributed by atoms with Crippen molar-refractivity contribution in [3.8, 4) is 0 Å². The van der Waals surface area contributed by atoms with E-state index in [2.05, 4.69) is 5.10 Å². The molecule has 120 valence electrons. The summed E-state index contributed by atoms with van der Waals surface area (Å²) in [5.74, 6) is -0.577. The predicted octanol–water partition coefficient (Wildman–Crippen LogP) is 1.95. The van der Waals surface area contributed by atoms with Crippen molar-refractivity contribution in [3.63, 3.8) is 0 Å². The zero-order chi connectivity index (χ0) is 16.3. The molecule has 2 rings (SSSR count). The summed E-state index contributed by atoms with van der Waals surface area (Å²) in [6, 6.07) is -0.499. The van der Waals surface area contributed by atoms with Gasteiger partial charge in [-0.2, -0.15) is 5.10 Å². The molecule has 1 saturated heterocycles. The minimum atomic E-state index is -0.499. The summed E-state index contributed by atoms with van der Waals surface area (Å²) in [7, 11) is 3.08. The number of methoxy groups -OCH3 is 1. The number of aryl methyl sites for hydroxylation is 2. The molecule has 7 heteroatoms. The molecule has 0 radical (unpaired) electrons. The van der Waals surface area contributed by atoms with Crippen molar-refractivity contribution in [2.45, 2.75) is 32.2 Å². The maximum absolute atomic E-state index is 12.4. The molecule has 1 amide bonds. The average Bonchev–Trinajstić information content (AvgIpc) is 2.77. The van der Waals surface area contributed by atoms with Gasteiger partial charge < -0.3 is 9.64 Å². The Bertz CT molecular complexity index is 609. The molecule has 0 bridgehead atoms. The zero-order valence-electron chi connectivity index (χ0n) is 13.0. The Kier molecular flexibility index (Phi) is 5.24. The van der Waals surface area contributed by atoms with Gasteiger partial charge in [0.05, 0.1) is 12.8 Å². The van der Waals surface area contributed by atoms with Gasteiger partial charge in [0.1, 0.15) is 11.2 Å². The van der Waals surface area contributed by atoms with Crippen LogP contribution in [0.15, 0.2) is 6.08 Å². The summed E-state index contributed by atoms with van der Waals surface area (Å²) < 4.78 is 6.34. The minimum absolute atomic E-state index is 0.214. The first-order valence-electron chi connectivity index (χ1n) is 7.21. The van der Waals surface area contributed by atoms with Crippen LogP contribution in [0.2, 0.25) is 5.15 Å². The zero-order valence-corrected chi connectivity index (χ0v) is 13.8. The monoisotopic (exact) mass is 325 g/mol. The molecule has 1 aliphatic heterocycles. The third-order valence-corrected chi connectivity index (χ3v) is 4.30. The third kappa shape index (κ3) is 3.32. The van der Waals surface area contributed by atoms with Crippen LogP contribution in [-0.2, 0) is 21.4 Å². The molecule has 6 nitrogen and oxygen atoms in total. The first kappa shape index (κ1) is 16.5. The van der Waals surface area contributed by atoms with E-state index in [1.165, 1.54) is 13.2 Å². The maximum Gasteiger partial charge on any atom is 0.328 e. The largest absolute Gasteiger partial charge is 0.467 e. The Hall–Kier alpha value is -1.82. The maximum atomic E-state index is 12.4. The van der Waals surface area contributed by atoms with Crippen molar-refractivity contribution in [2.24, 2.45) is 7.05 Å². The first-order chi connectivity index (χ1) is 10.5. The van der Waals surface area contributed by atoms with Gasteiger partial charge in [-0.3, -0.25) is 9.48 Å². The lowest BCUT2D eigenvalue weighted by atomic mass is 10.0. The number of carbonyl (C=O) groups excluding carboxylic acids is 2. The van der Waals surface area contributed by atoms with E-state index in [9.17, 15) is 9.59 Å². The molecule has 0 aromatic carbocycles. The minimum Gasteiger partial charge on any atom is -0.467 e. The fourth-order valence-electron chi connectivity index (χ4n) is 2.66. The Balaban J connectivity index is 2.16. The second kappa shape index (κ2) is 6.96. The molecular weight excluding hydrogens is 306 g/mol. The highest BCUT2D eigenvalue weighted by molar-refractivity contribution is 6.31. The van der Waals surface area contributed by atoms with E-state index in [1.807, 2.05) is 6.92 Å². The molecule has 1 aliphatic rings. The van der Waals surface area contributed by atoms with Gasteiger partial charge in [0.25, 0.3) is 0 Å². The molecule has 2 heterocycles. The van der Waals surface area contributed by atoms with Gasteiger partial charge in [-0.05, 0) is 32.3 Å². The van der Waals surface area contributed by atoms with Crippen molar-refractivity contribution < 1.29 is 14.3 Å². The lowest BCUT2D eigenvalue weighted by molar-refractivity contribution is -0.153. The molecule has 1 fully saturated rings. The van der Waals surface area contributed by atoms with Crippen LogP contribution >= 0.6 is 11.6 Å². The van der Waals surface area contributed by atoms with E-state index < -0.39 is 6.04 Å². The van der Waals surface area contributed by atoms with Crippen LogP contribution in [0.1, 0.15) is 30.5 Å². The standard InChI is InChI=1S/C15H20ClN3O3/c1-10-11(14(16)18(2)17-10)7-8-13(20)19-9-5-4-6-12(19)15(21)22-3/h7-8,12H,4-6,9H2,1-3H3/b8-7+. The van der Waals surface area contributed by atoms with Crippen LogP contribution in [0, 0.1) is 6.92 Å². The molecule has 0 saturated carbocycles. The van der Waals surface area contributed by atoms with Crippen molar-refractivity contribution in [2.75, 3.05) is 13.7 Å². The predicted molar refractivity (Wildman–Crippen MR) is 83.4 cm³/mol. The average molecular weight is 326 g/mol. The number of nitrogens with zero attached hydrogens (tertiary/aromatic N) is 3. The molecule has 1 aromatic rings. The number of rotatable bonds is 3. The summed E-state index contributed by atoms with van der Waals surface area (Å²) >= 11 is 6.14. The van der Waals surface area contributed by atoms with E-state index >= 15 is 0 Å². The molecule has 0 spiro atoms. The molecule has 1 unspecified atom stereocenters. The number of carbonyl (C=O) groups is 2.